The molecule has 12 heteroatoms. The molecule has 3 nitrogen and oxygen atoms in total. The van der Waals surface area contributed by atoms with Gasteiger partial charge in [-0.25, -0.2) is 0 Å². The molecule has 0 atom stereocenters. The molecule has 52 heavy (non-hydrogen) atoms. The molecular weight excluding hydrogens is 817 g/mol. The highest BCUT2D eigenvalue weighted by atomic mass is 32.2. The van der Waals surface area contributed by atoms with Crippen LogP contribution >= 0.6 is 109 Å². The molecule has 0 heterocycles. The molecule has 0 aliphatic carbocycles. The van der Waals surface area contributed by atoms with Gasteiger partial charge < -0.3 is 14.2 Å². The molecule has 0 aliphatic rings. The van der Waals surface area contributed by atoms with Gasteiger partial charge in [0.1, 0.15) is 19.8 Å². The molecule has 288 valence electrons. The largest absolute Gasteiger partial charge is 0.479 e. The van der Waals surface area contributed by atoms with E-state index in [1.54, 1.807) is 59.6 Å². The highest BCUT2D eigenvalue weighted by molar-refractivity contribution is 8.24. The SMILES string of the molecule is C=CCOC(=S)C(=C)C.C=CCOC(=S)C(=C)C.C=CCOC(=S)C=C.C=CCSC(=S)C(=C)C.C=CCSC(=S)C(=C)C.C=CCSC(=S)C=C. The first kappa shape index (κ1) is 61.9. The second kappa shape index (κ2) is 48.9. The van der Waals surface area contributed by atoms with Crippen LogP contribution in [0.15, 0.2) is 150 Å². The minimum Gasteiger partial charge on any atom is -0.479 e. The van der Waals surface area contributed by atoms with Gasteiger partial charge in [0.15, 0.2) is 15.2 Å². The van der Waals surface area contributed by atoms with Gasteiger partial charge in [-0.05, 0) is 98.8 Å². The first-order chi connectivity index (χ1) is 24.3. The summed E-state index contributed by atoms with van der Waals surface area (Å²) in [6, 6.07) is 0. The van der Waals surface area contributed by atoms with Crippen LogP contribution in [0, 0.1) is 0 Å². The van der Waals surface area contributed by atoms with Crippen molar-refractivity contribution in [3.8, 4) is 0 Å². The molecule has 0 aromatic carbocycles. The van der Waals surface area contributed by atoms with Gasteiger partial charge in [0.25, 0.3) is 0 Å². The topological polar surface area (TPSA) is 27.7 Å². The van der Waals surface area contributed by atoms with Gasteiger partial charge in [0, 0.05) is 17.3 Å². The normalized spacial score (nSPS) is 8.15. The van der Waals surface area contributed by atoms with Crippen molar-refractivity contribution < 1.29 is 14.2 Å². The molecule has 0 bridgehead atoms. The first-order valence-electron chi connectivity index (χ1n) is 14.9. The van der Waals surface area contributed by atoms with E-state index >= 15 is 0 Å². The Morgan fingerprint density at radius 1 is 0.442 bits per heavy atom. The van der Waals surface area contributed by atoms with Gasteiger partial charge in [-0.2, -0.15) is 0 Å². The number of rotatable bonds is 18. The van der Waals surface area contributed by atoms with Crippen LogP contribution in [0.3, 0.4) is 0 Å². The summed E-state index contributed by atoms with van der Waals surface area (Å²) in [4.78, 5) is 0. The average Bonchev–Trinajstić information content (AvgIpc) is 3.12. The molecule has 0 saturated heterocycles. The fraction of sp³-hybridized carbons (Fsp3) is 0.250. The smallest absolute Gasteiger partial charge is 0.186 e. The third kappa shape index (κ3) is 60.0. The maximum Gasteiger partial charge on any atom is 0.186 e. The van der Waals surface area contributed by atoms with Gasteiger partial charge in [-0.3, -0.25) is 0 Å². The van der Waals surface area contributed by atoms with Gasteiger partial charge in [-0.15, -0.1) is 55.0 Å². The Morgan fingerprint density at radius 3 is 0.981 bits per heavy atom. The van der Waals surface area contributed by atoms with E-state index < -0.39 is 0 Å². The summed E-state index contributed by atoms with van der Waals surface area (Å²) in [6.45, 7) is 51.5. The molecule has 0 amide bonds. The molecule has 0 saturated carbocycles. The molecule has 0 unspecified atom stereocenters. The lowest BCUT2D eigenvalue weighted by Gasteiger charge is -2.01. The third-order valence-electron chi connectivity index (χ3n) is 3.74. The maximum absolute atomic E-state index is 4.97. The highest BCUT2D eigenvalue weighted by Gasteiger charge is 1.95. The van der Waals surface area contributed by atoms with E-state index in [9.17, 15) is 0 Å². The molecule has 0 N–H and O–H groups in total. The number of ether oxygens (including phenoxy) is 3. The predicted molar refractivity (Wildman–Crippen MR) is 272 cm³/mol. The van der Waals surface area contributed by atoms with Crippen molar-refractivity contribution in [1.29, 1.82) is 0 Å². The number of hydrogen-bond acceptors (Lipinski definition) is 12. The number of hydrogen-bond donors (Lipinski definition) is 0. The van der Waals surface area contributed by atoms with Crippen LogP contribution in [0.4, 0.5) is 0 Å². The summed E-state index contributed by atoms with van der Waals surface area (Å²) < 4.78 is 17.4. The molecule has 0 fully saturated rings. The summed E-state index contributed by atoms with van der Waals surface area (Å²) in [5.74, 6) is 2.64. The summed E-state index contributed by atoms with van der Waals surface area (Å²) in [7, 11) is 0. The van der Waals surface area contributed by atoms with E-state index in [1.165, 1.54) is 6.08 Å². The number of thioether (sulfide) groups is 3. The molecule has 0 aromatic heterocycles. The second-order valence-corrected chi connectivity index (χ2v) is 15.2. The van der Waals surface area contributed by atoms with Crippen LogP contribution in [0.5, 0.6) is 0 Å². The Morgan fingerprint density at radius 2 is 0.750 bits per heavy atom. The lowest BCUT2D eigenvalue weighted by molar-refractivity contribution is 0.360. The lowest BCUT2D eigenvalue weighted by atomic mass is 10.4. The fourth-order valence-corrected chi connectivity index (χ4v) is 3.68. The zero-order valence-electron chi connectivity index (χ0n) is 31.2. The average molecular weight is 873 g/mol. The van der Waals surface area contributed by atoms with Crippen molar-refractivity contribution in [2.75, 3.05) is 37.1 Å². The van der Waals surface area contributed by atoms with Gasteiger partial charge >= 0.3 is 0 Å². The Bertz CT molecular complexity index is 1090. The Hall–Kier alpha value is -2.13. The summed E-state index contributed by atoms with van der Waals surface area (Å²) in [5, 5.41) is 1.36. The van der Waals surface area contributed by atoms with Gasteiger partial charge in [0.2, 0.25) is 0 Å². The van der Waals surface area contributed by atoms with E-state index in [-0.39, 0.29) is 0 Å². The summed E-state index contributed by atoms with van der Waals surface area (Å²) >= 11 is 33.7. The van der Waals surface area contributed by atoms with Crippen molar-refractivity contribution in [3.63, 3.8) is 0 Å². The minimum absolute atomic E-state index is 0.421. The van der Waals surface area contributed by atoms with E-state index in [4.69, 9.17) is 75.3 Å². The summed E-state index contributed by atoms with van der Waals surface area (Å²) in [6.07, 6.45) is 13.6. The Kier molecular flexibility index (Phi) is 58.2. The second-order valence-electron chi connectivity index (χ2n) is 8.92. The van der Waals surface area contributed by atoms with E-state index in [0.29, 0.717) is 35.0 Å². The Labute approximate surface area is 362 Å². The van der Waals surface area contributed by atoms with Gasteiger partial charge in [0.05, 0.1) is 12.6 Å². The van der Waals surface area contributed by atoms with Crippen molar-refractivity contribution >= 4 is 136 Å². The van der Waals surface area contributed by atoms with Crippen molar-refractivity contribution in [3.05, 3.63) is 150 Å². The standard InChI is InChI=1S/2C7H10OS.2C7H10S2.C6H8OS.C6H8S2/c2*1-4-5-8-7(9)6(2)3;2*1-4-5-9-7(8)6(2)3;1-3-5-7-6(8)4-2;1-3-5-8-6(7)4-2/h4*4H,1-2,5H2,3H3;2*3-4H,1-2,5H2. The van der Waals surface area contributed by atoms with Crippen molar-refractivity contribution in [1.82, 2.24) is 0 Å². The highest BCUT2D eigenvalue weighted by Crippen LogP contribution is 2.11. The van der Waals surface area contributed by atoms with E-state index in [0.717, 1.165) is 52.1 Å². The fourth-order valence-electron chi connectivity index (χ4n) is 1.43. The first-order valence-corrected chi connectivity index (χ1v) is 20.3. The van der Waals surface area contributed by atoms with Crippen LogP contribution in [0.25, 0.3) is 0 Å². The van der Waals surface area contributed by atoms with Crippen LogP contribution in [-0.2, 0) is 14.2 Å². The maximum atomic E-state index is 4.97. The zero-order valence-corrected chi connectivity index (χ0v) is 38.6. The molecule has 0 spiro atoms. The Balaban J connectivity index is -0.000000122. The molecular formula is C40H56O3S9. The molecule has 0 rings (SSSR count). The monoisotopic (exact) mass is 872 g/mol. The molecule has 0 aromatic rings. The molecule has 0 aliphatic heterocycles. The quantitative estimate of drug-likeness (QED) is 0.0746. The van der Waals surface area contributed by atoms with Crippen molar-refractivity contribution in [2.45, 2.75) is 27.7 Å². The van der Waals surface area contributed by atoms with Crippen LogP contribution < -0.4 is 0 Å². The lowest BCUT2D eigenvalue weighted by Crippen LogP contribution is -2.01. The third-order valence-corrected chi connectivity index (χ3v) is 9.76. The minimum atomic E-state index is 0.421. The van der Waals surface area contributed by atoms with Crippen LogP contribution in [-0.4, -0.2) is 64.8 Å². The molecule has 0 radical (unpaired) electrons. The zero-order chi connectivity index (χ0) is 41.9. The van der Waals surface area contributed by atoms with E-state index in [2.05, 4.69) is 91.2 Å². The predicted octanol–water partition coefficient (Wildman–Crippen LogP) is 13.9. The van der Waals surface area contributed by atoms with Crippen LogP contribution in [0.1, 0.15) is 27.7 Å². The summed E-state index contributed by atoms with van der Waals surface area (Å²) in [5.41, 5.74) is 3.51. The van der Waals surface area contributed by atoms with E-state index in [1.807, 2.05) is 45.9 Å². The van der Waals surface area contributed by atoms with Crippen LogP contribution in [0.2, 0.25) is 0 Å². The number of thiocarbonyl (C=S) groups is 6. The van der Waals surface area contributed by atoms with Crippen molar-refractivity contribution in [2.24, 2.45) is 0 Å². The van der Waals surface area contributed by atoms with Gasteiger partial charge in [-0.1, -0.05) is 132 Å².